The predicted molar refractivity (Wildman–Crippen MR) is 82.3 cm³/mol. The zero-order chi connectivity index (χ0) is 14.8. The SMILES string of the molecule is CC(C)(C)NCc1cccc2c1ccn2CCC(N)=O. The van der Waals surface area contributed by atoms with Crippen molar-refractivity contribution in [1.82, 2.24) is 9.88 Å². The Morgan fingerprint density at radius 1 is 1.30 bits per heavy atom. The number of fused-ring (bicyclic) bond motifs is 1. The number of nitrogens with two attached hydrogens (primary N) is 1. The van der Waals surface area contributed by atoms with Crippen LogP contribution >= 0.6 is 0 Å². The summed E-state index contributed by atoms with van der Waals surface area (Å²) in [6.07, 6.45) is 2.39. The Morgan fingerprint density at radius 2 is 2.05 bits per heavy atom. The Labute approximate surface area is 120 Å². The molecule has 0 aliphatic heterocycles. The molecule has 4 heteroatoms. The molecule has 0 atom stereocenters. The first-order valence-electron chi connectivity index (χ1n) is 6.97. The number of nitrogens with one attached hydrogen (secondary N) is 1. The number of carbonyl (C=O) groups excluding carboxylic acids is 1. The number of hydrogen-bond acceptors (Lipinski definition) is 2. The second-order valence-electron chi connectivity index (χ2n) is 6.18. The number of aryl methyl sites for hydroxylation is 1. The van der Waals surface area contributed by atoms with Crippen LogP contribution < -0.4 is 11.1 Å². The molecule has 0 radical (unpaired) electrons. The maximum Gasteiger partial charge on any atom is 0.219 e. The van der Waals surface area contributed by atoms with Gasteiger partial charge in [0.25, 0.3) is 0 Å². The molecule has 108 valence electrons. The Bertz CT molecular complexity index is 608. The molecule has 1 amide bonds. The Kier molecular flexibility index (Phi) is 4.14. The van der Waals surface area contributed by atoms with Crippen LogP contribution in [0, 0.1) is 0 Å². The Balaban J connectivity index is 2.23. The van der Waals surface area contributed by atoms with Gasteiger partial charge >= 0.3 is 0 Å². The second kappa shape index (κ2) is 5.67. The minimum Gasteiger partial charge on any atom is -0.370 e. The van der Waals surface area contributed by atoms with Crippen LogP contribution in [0.15, 0.2) is 30.5 Å². The van der Waals surface area contributed by atoms with Gasteiger partial charge in [0.2, 0.25) is 5.91 Å². The van der Waals surface area contributed by atoms with Crippen LogP contribution in [0.2, 0.25) is 0 Å². The molecule has 0 unspecified atom stereocenters. The summed E-state index contributed by atoms with van der Waals surface area (Å²) in [6.45, 7) is 7.94. The Morgan fingerprint density at radius 3 is 2.70 bits per heavy atom. The fourth-order valence-electron chi connectivity index (χ4n) is 2.23. The fraction of sp³-hybridized carbons (Fsp3) is 0.438. The molecule has 0 aliphatic carbocycles. The van der Waals surface area contributed by atoms with E-state index in [0.717, 1.165) is 12.1 Å². The molecule has 1 heterocycles. The van der Waals surface area contributed by atoms with Gasteiger partial charge in [-0.25, -0.2) is 0 Å². The molecule has 0 bridgehead atoms. The number of benzene rings is 1. The third kappa shape index (κ3) is 3.61. The number of primary amides is 1. The van der Waals surface area contributed by atoms with Gasteiger partial charge in [0, 0.05) is 42.1 Å². The average Bonchev–Trinajstić information content (AvgIpc) is 2.76. The van der Waals surface area contributed by atoms with Gasteiger partial charge in [0.1, 0.15) is 0 Å². The third-order valence-corrected chi connectivity index (χ3v) is 3.31. The number of rotatable bonds is 5. The molecule has 0 saturated carbocycles. The van der Waals surface area contributed by atoms with E-state index in [-0.39, 0.29) is 11.4 Å². The molecule has 4 nitrogen and oxygen atoms in total. The molecule has 2 aromatic rings. The first-order valence-corrected chi connectivity index (χ1v) is 6.97. The van der Waals surface area contributed by atoms with Gasteiger partial charge in [-0.2, -0.15) is 0 Å². The van der Waals surface area contributed by atoms with E-state index in [0.29, 0.717) is 13.0 Å². The second-order valence-corrected chi connectivity index (χ2v) is 6.18. The summed E-state index contributed by atoms with van der Waals surface area (Å²) < 4.78 is 2.08. The van der Waals surface area contributed by atoms with Gasteiger partial charge in [-0.3, -0.25) is 4.79 Å². The van der Waals surface area contributed by atoms with Crippen molar-refractivity contribution >= 4 is 16.8 Å². The normalized spacial score (nSPS) is 11.9. The lowest BCUT2D eigenvalue weighted by molar-refractivity contribution is -0.118. The first-order chi connectivity index (χ1) is 9.37. The van der Waals surface area contributed by atoms with E-state index in [4.69, 9.17) is 5.73 Å². The quantitative estimate of drug-likeness (QED) is 0.879. The lowest BCUT2D eigenvalue weighted by Gasteiger charge is -2.21. The Hall–Kier alpha value is -1.81. The van der Waals surface area contributed by atoms with Crippen LogP contribution in [0.3, 0.4) is 0 Å². The third-order valence-electron chi connectivity index (χ3n) is 3.31. The first kappa shape index (κ1) is 14.6. The number of nitrogens with zero attached hydrogens (tertiary/aromatic N) is 1. The molecular weight excluding hydrogens is 250 g/mol. The summed E-state index contributed by atoms with van der Waals surface area (Å²) in [5.41, 5.74) is 7.74. The van der Waals surface area contributed by atoms with Crippen molar-refractivity contribution in [3.63, 3.8) is 0 Å². The maximum absolute atomic E-state index is 10.9. The number of carbonyl (C=O) groups is 1. The molecule has 0 spiro atoms. The van der Waals surface area contributed by atoms with E-state index in [1.54, 1.807) is 0 Å². The van der Waals surface area contributed by atoms with Gasteiger partial charge < -0.3 is 15.6 Å². The summed E-state index contributed by atoms with van der Waals surface area (Å²) in [6, 6.07) is 8.38. The smallest absolute Gasteiger partial charge is 0.219 e. The van der Waals surface area contributed by atoms with Crippen molar-refractivity contribution in [3.8, 4) is 0 Å². The lowest BCUT2D eigenvalue weighted by atomic mass is 10.1. The topological polar surface area (TPSA) is 60.1 Å². The molecule has 20 heavy (non-hydrogen) atoms. The molecule has 1 aromatic heterocycles. The van der Waals surface area contributed by atoms with E-state index < -0.39 is 0 Å². The zero-order valence-electron chi connectivity index (χ0n) is 12.4. The van der Waals surface area contributed by atoms with E-state index >= 15 is 0 Å². The van der Waals surface area contributed by atoms with Gasteiger partial charge in [-0.1, -0.05) is 12.1 Å². The fourth-order valence-corrected chi connectivity index (χ4v) is 2.23. The molecule has 0 fully saturated rings. The molecule has 1 aromatic carbocycles. The predicted octanol–water partition coefficient (Wildman–Crippen LogP) is 2.40. The molecular formula is C16H23N3O. The van der Waals surface area contributed by atoms with Crippen molar-refractivity contribution in [3.05, 3.63) is 36.0 Å². The molecule has 2 rings (SSSR count). The van der Waals surface area contributed by atoms with Crippen LogP contribution in [0.25, 0.3) is 10.9 Å². The van der Waals surface area contributed by atoms with E-state index in [2.05, 4.69) is 54.9 Å². The van der Waals surface area contributed by atoms with Crippen molar-refractivity contribution in [2.75, 3.05) is 0 Å². The molecule has 0 aliphatic rings. The summed E-state index contributed by atoms with van der Waals surface area (Å²) in [5.74, 6) is -0.266. The monoisotopic (exact) mass is 273 g/mol. The lowest BCUT2D eigenvalue weighted by Crippen LogP contribution is -2.35. The van der Waals surface area contributed by atoms with Crippen LogP contribution in [0.4, 0.5) is 0 Å². The van der Waals surface area contributed by atoms with Crippen molar-refractivity contribution < 1.29 is 4.79 Å². The highest BCUT2D eigenvalue weighted by Crippen LogP contribution is 2.21. The minimum absolute atomic E-state index is 0.0939. The van der Waals surface area contributed by atoms with Gasteiger partial charge in [0.15, 0.2) is 0 Å². The van der Waals surface area contributed by atoms with Gasteiger partial charge in [-0.05, 0) is 38.5 Å². The van der Waals surface area contributed by atoms with E-state index in [1.165, 1.54) is 10.9 Å². The molecule has 0 saturated heterocycles. The summed E-state index contributed by atoms with van der Waals surface area (Å²) in [7, 11) is 0. The summed E-state index contributed by atoms with van der Waals surface area (Å²) in [4.78, 5) is 10.9. The summed E-state index contributed by atoms with van der Waals surface area (Å²) in [5, 5.41) is 4.74. The van der Waals surface area contributed by atoms with E-state index in [1.807, 2.05) is 6.20 Å². The van der Waals surface area contributed by atoms with Crippen LogP contribution in [-0.2, 0) is 17.9 Å². The van der Waals surface area contributed by atoms with Crippen LogP contribution in [-0.4, -0.2) is 16.0 Å². The van der Waals surface area contributed by atoms with E-state index in [9.17, 15) is 4.79 Å². The van der Waals surface area contributed by atoms with Gasteiger partial charge in [-0.15, -0.1) is 0 Å². The van der Waals surface area contributed by atoms with Crippen molar-refractivity contribution in [2.24, 2.45) is 5.73 Å². The van der Waals surface area contributed by atoms with Crippen LogP contribution in [0.1, 0.15) is 32.8 Å². The minimum atomic E-state index is -0.266. The maximum atomic E-state index is 10.9. The number of aromatic nitrogens is 1. The highest BCUT2D eigenvalue weighted by atomic mass is 16.1. The summed E-state index contributed by atoms with van der Waals surface area (Å²) >= 11 is 0. The van der Waals surface area contributed by atoms with Crippen molar-refractivity contribution in [2.45, 2.75) is 45.8 Å². The average molecular weight is 273 g/mol. The largest absolute Gasteiger partial charge is 0.370 e. The highest BCUT2D eigenvalue weighted by Gasteiger charge is 2.11. The molecule has 3 N–H and O–H groups in total. The van der Waals surface area contributed by atoms with Gasteiger partial charge in [0.05, 0.1) is 0 Å². The highest BCUT2D eigenvalue weighted by molar-refractivity contribution is 5.84. The van der Waals surface area contributed by atoms with Crippen LogP contribution in [0.5, 0.6) is 0 Å². The standard InChI is InChI=1S/C16H23N3O/c1-16(2,3)18-11-12-5-4-6-14-13(12)7-9-19(14)10-8-15(17)20/h4-7,9,18H,8,10-11H2,1-3H3,(H2,17,20). The van der Waals surface area contributed by atoms with Crippen molar-refractivity contribution in [1.29, 1.82) is 0 Å². The zero-order valence-corrected chi connectivity index (χ0v) is 12.4. The number of amides is 1. The number of hydrogen-bond donors (Lipinski definition) is 2.